The van der Waals surface area contributed by atoms with Gasteiger partial charge in [0.15, 0.2) is 0 Å². The lowest BCUT2D eigenvalue weighted by molar-refractivity contribution is 0.0787. The van der Waals surface area contributed by atoms with Crippen molar-refractivity contribution < 1.29 is 9.18 Å². The topological polar surface area (TPSA) is 46.3 Å². The number of nitrogen functional groups attached to an aromatic ring is 1. The summed E-state index contributed by atoms with van der Waals surface area (Å²) in [6, 6.07) is 5.85. The molecular formula is C14H15FN2OS. The van der Waals surface area contributed by atoms with Crippen molar-refractivity contribution in [1.82, 2.24) is 4.90 Å². The van der Waals surface area contributed by atoms with E-state index in [1.165, 1.54) is 12.1 Å². The molecule has 0 fully saturated rings. The smallest absolute Gasteiger partial charge is 0.256 e. The Labute approximate surface area is 115 Å². The summed E-state index contributed by atoms with van der Waals surface area (Å²) in [6.07, 6.45) is 0. The zero-order valence-corrected chi connectivity index (χ0v) is 11.6. The van der Waals surface area contributed by atoms with Crippen molar-refractivity contribution in [2.45, 2.75) is 13.5 Å². The molecule has 0 unspecified atom stereocenters. The minimum absolute atomic E-state index is 0.166. The van der Waals surface area contributed by atoms with E-state index in [0.717, 1.165) is 16.5 Å². The van der Waals surface area contributed by atoms with Crippen LogP contribution in [0.25, 0.3) is 0 Å². The molecule has 19 heavy (non-hydrogen) atoms. The highest BCUT2D eigenvalue weighted by Crippen LogP contribution is 2.20. The van der Waals surface area contributed by atoms with E-state index in [2.05, 4.69) is 0 Å². The third kappa shape index (κ3) is 2.93. The van der Waals surface area contributed by atoms with E-state index >= 15 is 0 Å². The maximum Gasteiger partial charge on any atom is 0.256 e. The van der Waals surface area contributed by atoms with Crippen molar-refractivity contribution in [2.24, 2.45) is 0 Å². The van der Waals surface area contributed by atoms with E-state index in [4.69, 9.17) is 5.73 Å². The number of carbonyl (C=O) groups excluding carboxylic acids is 1. The summed E-state index contributed by atoms with van der Waals surface area (Å²) in [5, 5.41) is 2.00. The van der Waals surface area contributed by atoms with Crippen LogP contribution in [-0.4, -0.2) is 17.9 Å². The van der Waals surface area contributed by atoms with Crippen LogP contribution in [0.4, 0.5) is 10.1 Å². The summed E-state index contributed by atoms with van der Waals surface area (Å²) in [6.45, 7) is 2.54. The second-order valence-corrected chi connectivity index (χ2v) is 5.42. The number of rotatable bonds is 3. The van der Waals surface area contributed by atoms with E-state index < -0.39 is 5.82 Å². The molecule has 2 N–H and O–H groups in total. The van der Waals surface area contributed by atoms with E-state index in [-0.39, 0.29) is 11.6 Å². The average Bonchev–Trinajstić information content (AvgIpc) is 2.74. The van der Waals surface area contributed by atoms with E-state index in [9.17, 15) is 9.18 Å². The van der Waals surface area contributed by atoms with Crippen molar-refractivity contribution in [3.8, 4) is 0 Å². The summed E-state index contributed by atoms with van der Waals surface area (Å²) < 4.78 is 13.0. The molecule has 1 aromatic heterocycles. The van der Waals surface area contributed by atoms with E-state index in [0.29, 0.717) is 12.1 Å². The number of thiophene rings is 1. The molecule has 0 saturated carbocycles. The Hall–Kier alpha value is -1.88. The minimum Gasteiger partial charge on any atom is -0.398 e. The van der Waals surface area contributed by atoms with Gasteiger partial charge in [-0.1, -0.05) is 0 Å². The Kier molecular flexibility index (Phi) is 3.85. The quantitative estimate of drug-likeness (QED) is 0.877. The van der Waals surface area contributed by atoms with Crippen LogP contribution in [0.3, 0.4) is 0 Å². The van der Waals surface area contributed by atoms with Crippen LogP contribution >= 0.6 is 11.3 Å². The fourth-order valence-corrected chi connectivity index (χ4v) is 2.75. The van der Waals surface area contributed by atoms with Crippen LogP contribution in [0.1, 0.15) is 20.8 Å². The van der Waals surface area contributed by atoms with Crippen LogP contribution in [0.5, 0.6) is 0 Å². The summed E-state index contributed by atoms with van der Waals surface area (Å²) in [5.41, 5.74) is 7.34. The molecular weight excluding hydrogens is 263 g/mol. The molecule has 1 amide bonds. The molecule has 0 spiro atoms. The number of halogens is 1. The Morgan fingerprint density at radius 3 is 2.74 bits per heavy atom. The van der Waals surface area contributed by atoms with Gasteiger partial charge in [-0.3, -0.25) is 4.79 Å². The molecule has 3 nitrogen and oxygen atoms in total. The highest BCUT2D eigenvalue weighted by Gasteiger charge is 2.16. The monoisotopic (exact) mass is 278 g/mol. The Morgan fingerprint density at radius 2 is 2.16 bits per heavy atom. The molecule has 0 aliphatic rings. The lowest BCUT2D eigenvalue weighted by Gasteiger charge is -2.18. The summed E-state index contributed by atoms with van der Waals surface area (Å²) >= 11 is 1.61. The summed E-state index contributed by atoms with van der Waals surface area (Å²) in [5.74, 6) is -0.642. The third-order valence-corrected chi connectivity index (χ3v) is 3.95. The number of nitrogens with two attached hydrogens (primary N) is 1. The number of anilines is 1. The van der Waals surface area contributed by atoms with Gasteiger partial charge in [0, 0.05) is 17.6 Å². The Balaban J connectivity index is 2.17. The fraction of sp³-hybridized carbons (Fsp3) is 0.214. The van der Waals surface area contributed by atoms with Crippen molar-refractivity contribution in [2.75, 3.05) is 12.8 Å². The fourth-order valence-electron chi connectivity index (χ4n) is 1.79. The van der Waals surface area contributed by atoms with Crippen LogP contribution in [0.2, 0.25) is 0 Å². The van der Waals surface area contributed by atoms with Gasteiger partial charge in [0.25, 0.3) is 5.91 Å². The molecule has 0 radical (unpaired) electrons. The van der Waals surface area contributed by atoms with E-state index in [1.807, 2.05) is 18.4 Å². The van der Waals surface area contributed by atoms with Gasteiger partial charge < -0.3 is 10.6 Å². The standard InChI is InChI=1S/C14H15FN2OS/c1-9-5-6-19-13(9)8-17(2)14(18)11-4-3-10(15)7-12(11)16/h3-7H,8,16H2,1-2H3. The molecule has 0 aliphatic heterocycles. The molecule has 1 aromatic carbocycles. The van der Waals surface area contributed by atoms with Crippen LogP contribution in [0, 0.1) is 12.7 Å². The Morgan fingerprint density at radius 1 is 1.42 bits per heavy atom. The SMILES string of the molecule is Cc1ccsc1CN(C)C(=O)c1ccc(F)cc1N. The third-order valence-electron chi connectivity index (χ3n) is 2.94. The number of amides is 1. The Bertz CT molecular complexity index is 609. The molecule has 2 aromatic rings. The van der Waals surface area contributed by atoms with Gasteiger partial charge in [0.2, 0.25) is 0 Å². The molecule has 0 aliphatic carbocycles. The number of benzene rings is 1. The van der Waals surface area contributed by atoms with E-state index in [1.54, 1.807) is 23.3 Å². The molecule has 5 heteroatoms. The molecule has 0 saturated heterocycles. The maximum atomic E-state index is 13.0. The molecule has 100 valence electrons. The van der Waals surface area contributed by atoms with Crippen molar-refractivity contribution in [3.05, 3.63) is 51.5 Å². The van der Waals surface area contributed by atoms with Crippen molar-refractivity contribution >= 4 is 22.9 Å². The maximum absolute atomic E-state index is 13.0. The predicted molar refractivity (Wildman–Crippen MR) is 75.7 cm³/mol. The number of aryl methyl sites for hydroxylation is 1. The molecule has 2 rings (SSSR count). The van der Waals surface area contributed by atoms with Gasteiger partial charge in [-0.15, -0.1) is 11.3 Å². The summed E-state index contributed by atoms with van der Waals surface area (Å²) in [7, 11) is 1.71. The van der Waals surface area contributed by atoms with Crippen LogP contribution in [0.15, 0.2) is 29.6 Å². The van der Waals surface area contributed by atoms with Crippen molar-refractivity contribution in [1.29, 1.82) is 0 Å². The number of nitrogens with zero attached hydrogens (tertiary/aromatic N) is 1. The molecule has 0 atom stereocenters. The highest BCUT2D eigenvalue weighted by atomic mass is 32.1. The zero-order valence-electron chi connectivity index (χ0n) is 10.8. The van der Waals surface area contributed by atoms with Gasteiger partial charge in [-0.25, -0.2) is 4.39 Å². The first-order valence-corrected chi connectivity index (χ1v) is 6.70. The number of hydrogen-bond donors (Lipinski definition) is 1. The van der Waals surface area contributed by atoms with Crippen LogP contribution in [-0.2, 0) is 6.54 Å². The van der Waals surface area contributed by atoms with Gasteiger partial charge in [0.1, 0.15) is 5.82 Å². The predicted octanol–water partition coefficient (Wildman–Crippen LogP) is 3.05. The first-order valence-electron chi connectivity index (χ1n) is 5.82. The first-order chi connectivity index (χ1) is 8.99. The van der Waals surface area contributed by atoms with Crippen molar-refractivity contribution in [3.63, 3.8) is 0 Å². The molecule has 0 bridgehead atoms. The largest absolute Gasteiger partial charge is 0.398 e. The second-order valence-electron chi connectivity index (χ2n) is 4.42. The highest BCUT2D eigenvalue weighted by molar-refractivity contribution is 7.10. The van der Waals surface area contributed by atoms with Crippen LogP contribution < -0.4 is 5.73 Å². The number of hydrogen-bond acceptors (Lipinski definition) is 3. The molecule has 1 heterocycles. The summed E-state index contributed by atoms with van der Waals surface area (Å²) in [4.78, 5) is 15.0. The normalized spacial score (nSPS) is 10.5. The number of carbonyl (C=O) groups is 1. The van der Waals surface area contributed by atoms with Gasteiger partial charge in [-0.05, 0) is 42.1 Å². The zero-order chi connectivity index (χ0) is 14.0. The second kappa shape index (κ2) is 5.40. The lowest BCUT2D eigenvalue weighted by Crippen LogP contribution is -2.26. The van der Waals surface area contributed by atoms with Gasteiger partial charge in [-0.2, -0.15) is 0 Å². The minimum atomic E-state index is -0.439. The lowest BCUT2D eigenvalue weighted by atomic mass is 10.1. The van der Waals surface area contributed by atoms with Gasteiger partial charge in [0.05, 0.1) is 12.1 Å². The first kappa shape index (κ1) is 13.5. The average molecular weight is 278 g/mol. The van der Waals surface area contributed by atoms with Gasteiger partial charge >= 0.3 is 0 Å².